The zero-order valence-electron chi connectivity index (χ0n) is 12.4. The summed E-state index contributed by atoms with van der Waals surface area (Å²) in [6.07, 6.45) is -6.92. The molecule has 1 aliphatic rings. The molecule has 4 N–H and O–H groups in total. The Hall–Kier alpha value is -1.07. The summed E-state index contributed by atoms with van der Waals surface area (Å²) >= 11 is 0. The van der Waals surface area contributed by atoms with E-state index < -0.39 is 53.9 Å². The molecule has 1 aliphatic heterocycles. The average molecular weight is 348 g/mol. The number of rotatable bonds is 5. The number of aliphatic hydroxyl groups excluding tert-OH is 4. The van der Waals surface area contributed by atoms with Crippen molar-refractivity contribution in [3.05, 3.63) is 29.8 Å². The second-order valence-electron chi connectivity index (χ2n) is 5.42. The molecule has 0 radical (unpaired) electrons. The molecule has 8 nitrogen and oxygen atoms in total. The maximum Gasteiger partial charge on any atom is 0.297 e. The molecule has 130 valence electrons. The minimum absolute atomic E-state index is 0.0484. The Morgan fingerprint density at radius 1 is 1.04 bits per heavy atom. The summed E-state index contributed by atoms with van der Waals surface area (Å²) in [5.41, 5.74) is 0.887. The van der Waals surface area contributed by atoms with Crippen LogP contribution in [-0.2, 0) is 19.0 Å². The summed E-state index contributed by atoms with van der Waals surface area (Å²) in [5.74, 6) is 0. The Labute approximate surface area is 134 Å². The van der Waals surface area contributed by atoms with E-state index >= 15 is 0 Å². The highest BCUT2D eigenvalue weighted by atomic mass is 32.2. The number of aryl methyl sites for hydroxylation is 1. The van der Waals surface area contributed by atoms with Crippen LogP contribution >= 0.6 is 0 Å². The molecule has 0 amide bonds. The third-order valence-electron chi connectivity index (χ3n) is 3.69. The van der Waals surface area contributed by atoms with E-state index in [1.165, 1.54) is 12.1 Å². The Bertz CT molecular complexity index is 612. The van der Waals surface area contributed by atoms with Crippen LogP contribution in [0.1, 0.15) is 5.56 Å². The summed E-state index contributed by atoms with van der Waals surface area (Å²) in [4.78, 5) is -0.0484. The van der Waals surface area contributed by atoms with E-state index in [1.54, 1.807) is 12.1 Å². The van der Waals surface area contributed by atoms with E-state index in [2.05, 4.69) is 0 Å². The number of hydrogen-bond donors (Lipinski definition) is 4. The molecule has 1 aromatic carbocycles. The Balaban J connectivity index is 2.05. The van der Waals surface area contributed by atoms with E-state index in [0.29, 0.717) is 0 Å². The zero-order valence-corrected chi connectivity index (χ0v) is 13.3. The molecular weight excluding hydrogens is 328 g/mol. The SMILES string of the molecule is Cc1ccc(S(=O)(=O)OCC2OC(CO)C(O)C(O)C2O)cc1. The molecule has 0 saturated carbocycles. The van der Waals surface area contributed by atoms with Crippen LogP contribution in [0.3, 0.4) is 0 Å². The fourth-order valence-corrected chi connectivity index (χ4v) is 3.16. The fourth-order valence-electron chi connectivity index (χ4n) is 2.25. The van der Waals surface area contributed by atoms with Crippen molar-refractivity contribution in [1.82, 2.24) is 0 Å². The van der Waals surface area contributed by atoms with Gasteiger partial charge in [0.2, 0.25) is 0 Å². The van der Waals surface area contributed by atoms with Gasteiger partial charge < -0.3 is 25.2 Å². The first-order valence-electron chi connectivity index (χ1n) is 7.03. The average Bonchev–Trinajstić information content (AvgIpc) is 2.52. The molecule has 0 aromatic heterocycles. The smallest absolute Gasteiger partial charge is 0.297 e. The maximum atomic E-state index is 12.1. The molecule has 0 aliphatic carbocycles. The van der Waals surface area contributed by atoms with Gasteiger partial charge in [0.15, 0.2) is 0 Å². The molecule has 2 rings (SSSR count). The van der Waals surface area contributed by atoms with Gasteiger partial charge in [0.05, 0.1) is 18.1 Å². The monoisotopic (exact) mass is 348 g/mol. The van der Waals surface area contributed by atoms with Crippen LogP contribution < -0.4 is 0 Å². The minimum atomic E-state index is -4.05. The van der Waals surface area contributed by atoms with Crippen molar-refractivity contribution in [2.45, 2.75) is 42.3 Å². The molecule has 1 heterocycles. The lowest BCUT2D eigenvalue weighted by Crippen LogP contribution is -2.59. The van der Waals surface area contributed by atoms with E-state index in [4.69, 9.17) is 14.0 Å². The van der Waals surface area contributed by atoms with E-state index in [0.717, 1.165) is 5.56 Å². The fraction of sp³-hybridized carbons (Fsp3) is 0.571. The molecular formula is C14H20O8S. The number of benzene rings is 1. The van der Waals surface area contributed by atoms with Crippen LogP contribution in [0.25, 0.3) is 0 Å². The van der Waals surface area contributed by atoms with Gasteiger partial charge in [-0.1, -0.05) is 17.7 Å². The Kier molecular flexibility index (Phi) is 5.74. The molecule has 9 heteroatoms. The predicted octanol–water partition coefficient (Wildman–Crippen LogP) is -1.46. The second kappa shape index (κ2) is 7.22. The highest BCUT2D eigenvalue weighted by Gasteiger charge is 2.43. The Morgan fingerprint density at radius 3 is 2.17 bits per heavy atom. The second-order valence-corrected chi connectivity index (χ2v) is 7.03. The van der Waals surface area contributed by atoms with Gasteiger partial charge in [0, 0.05) is 0 Å². The lowest BCUT2D eigenvalue weighted by Gasteiger charge is -2.39. The van der Waals surface area contributed by atoms with Gasteiger partial charge in [-0.05, 0) is 19.1 Å². The van der Waals surface area contributed by atoms with Crippen LogP contribution in [0.2, 0.25) is 0 Å². The molecule has 23 heavy (non-hydrogen) atoms. The van der Waals surface area contributed by atoms with Crippen LogP contribution in [0.15, 0.2) is 29.2 Å². The van der Waals surface area contributed by atoms with Crippen molar-refractivity contribution < 1.29 is 37.8 Å². The van der Waals surface area contributed by atoms with Gasteiger partial charge in [-0.25, -0.2) is 0 Å². The van der Waals surface area contributed by atoms with Crippen molar-refractivity contribution in [2.75, 3.05) is 13.2 Å². The first-order chi connectivity index (χ1) is 10.8. The molecule has 5 unspecified atom stereocenters. The molecule has 5 atom stereocenters. The number of aliphatic hydroxyl groups is 4. The molecule has 0 bridgehead atoms. The summed E-state index contributed by atoms with van der Waals surface area (Å²) in [5, 5.41) is 38.2. The topological polar surface area (TPSA) is 134 Å². The first-order valence-corrected chi connectivity index (χ1v) is 8.43. The van der Waals surface area contributed by atoms with Gasteiger partial charge in [-0.3, -0.25) is 4.18 Å². The van der Waals surface area contributed by atoms with Crippen LogP contribution in [0.4, 0.5) is 0 Å². The Morgan fingerprint density at radius 2 is 1.61 bits per heavy atom. The van der Waals surface area contributed by atoms with Crippen LogP contribution in [-0.4, -0.2) is 72.6 Å². The van der Waals surface area contributed by atoms with Crippen molar-refractivity contribution in [3.8, 4) is 0 Å². The molecule has 1 fully saturated rings. The maximum absolute atomic E-state index is 12.1. The first kappa shape index (κ1) is 18.3. The highest BCUT2D eigenvalue weighted by Crippen LogP contribution is 2.23. The van der Waals surface area contributed by atoms with E-state index in [1.807, 2.05) is 6.92 Å². The lowest BCUT2D eigenvalue weighted by atomic mass is 9.95. The summed E-state index contributed by atoms with van der Waals surface area (Å²) in [6.45, 7) is 0.662. The molecule has 0 spiro atoms. The predicted molar refractivity (Wildman–Crippen MR) is 78.1 cm³/mol. The zero-order chi connectivity index (χ0) is 17.2. The van der Waals surface area contributed by atoms with Gasteiger partial charge in [-0.15, -0.1) is 0 Å². The summed E-state index contributed by atoms with van der Waals surface area (Å²) < 4.78 is 34.2. The van der Waals surface area contributed by atoms with Gasteiger partial charge in [0.25, 0.3) is 10.1 Å². The lowest BCUT2D eigenvalue weighted by molar-refractivity contribution is -0.234. The normalized spacial score (nSPS) is 32.0. The van der Waals surface area contributed by atoms with Crippen LogP contribution in [0.5, 0.6) is 0 Å². The third kappa shape index (κ3) is 4.07. The number of hydrogen-bond acceptors (Lipinski definition) is 8. The molecule has 1 saturated heterocycles. The van der Waals surface area contributed by atoms with Crippen LogP contribution in [0, 0.1) is 6.92 Å². The largest absolute Gasteiger partial charge is 0.394 e. The van der Waals surface area contributed by atoms with E-state index in [9.17, 15) is 23.7 Å². The van der Waals surface area contributed by atoms with Crippen molar-refractivity contribution in [3.63, 3.8) is 0 Å². The van der Waals surface area contributed by atoms with Gasteiger partial charge in [0.1, 0.15) is 30.5 Å². The quantitative estimate of drug-likeness (QED) is 0.475. The summed E-state index contributed by atoms with van der Waals surface area (Å²) in [6, 6.07) is 6.00. The molecule has 1 aromatic rings. The third-order valence-corrected chi connectivity index (χ3v) is 4.98. The van der Waals surface area contributed by atoms with Gasteiger partial charge >= 0.3 is 0 Å². The van der Waals surface area contributed by atoms with E-state index in [-0.39, 0.29) is 4.90 Å². The van der Waals surface area contributed by atoms with Crippen molar-refractivity contribution in [1.29, 1.82) is 0 Å². The van der Waals surface area contributed by atoms with Crippen molar-refractivity contribution >= 4 is 10.1 Å². The van der Waals surface area contributed by atoms with Crippen molar-refractivity contribution in [2.24, 2.45) is 0 Å². The minimum Gasteiger partial charge on any atom is -0.394 e. The highest BCUT2D eigenvalue weighted by molar-refractivity contribution is 7.86. The summed E-state index contributed by atoms with van der Waals surface area (Å²) in [7, 11) is -4.05. The number of ether oxygens (including phenoxy) is 1. The standard InChI is InChI=1S/C14H20O8S/c1-8-2-4-9(5-3-8)23(19,20)21-7-11-13(17)14(18)12(16)10(6-15)22-11/h2-5,10-18H,6-7H2,1H3. The van der Waals surface area contributed by atoms with Gasteiger partial charge in [-0.2, -0.15) is 8.42 Å².